The summed E-state index contributed by atoms with van der Waals surface area (Å²) in [7, 11) is 0. The van der Waals surface area contributed by atoms with Crippen molar-refractivity contribution in [2.45, 2.75) is 25.1 Å². The van der Waals surface area contributed by atoms with Crippen molar-refractivity contribution in [3.63, 3.8) is 0 Å². The molecule has 0 aliphatic rings. The van der Waals surface area contributed by atoms with Gasteiger partial charge in [-0.15, -0.1) is 11.6 Å². The number of alkyl halides is 1. The van der Waals surface area contributed by atoms with E-state index in [9.17, 15) is 10.1 Å². The minimum Gasteiger partial charge on any atom is -0.258 e. The summed E-state index contributed by atoms with van der Waals surface area (Å²) < 4.78 is 0. The number of aryl methyl sites for hydroxylation is 1. The maximum Gasteiger partial charge on any atom is 0.274 e. The number of hydrogen-bond donors (Lipinski definition) is 0. The SMILES string of the molecule is CC(Cl)CCc1ccc(Cl)cc1[N+](=O)[O-]. The fraction of sp³-hybridized carbons (Fsp3) is 0.400. The topological polar surface area (TPSA) is 43.1 Å². The van der Waals surface area contributed by atoms with E-state index in [1.807, 2.05) is 6.92 Å². The Morgan fingerprint density at radius 1 is 1.53 bits per heavy atom. The van der Waals surface area contributed by atoms with E-state index in [0.29, 0.717) is 23.4 Å². The van der Waals surface area contributed by atoms with Crippen LogP contribution in [0.5, 0.6) is 0 Å². The van der Waals surface area contributed by atoms with Crippen LogP contribution in [0.3, 0.4) is 0 Å². The Balaban J connectivity index is 2.91. The Kier molecular flexibility index (Phi) is 4.36. The Labute approximate surface area is 98.2 Å². The van der Waals surface area contributed by atoms with Crippen LogP contribution in [-0.2, 0) is 6.42 Å². The molecule has 0 saturated heterocycles. The standard InChI is InChI=1S/C10H11Cl2NO2/c1-7(11)2-3-8-4-5-9(12)6-10(8)13(14)15/h4-7H,2-3H2,1H3. The highest BCUT2D eigenvalue weighted by Gasteiger charge is 2.14. The highest BCUT2D eigenvalue weighted by atomic mass is 35.5. The number of nitrogens with zero attached hydrogens (tertiary/aromatic N) is 1. The Bertz CT molecular complexity index is 366. The molecule has 5 heteroatoms. The zero-order valence-corrected chi connectivity index (χ0v) is 9.76. The summed E-state index contributed by atoms with van der Waals surface area (Å²) in [6.07, 6.45) is 1.31. The van der Waals surface area contributed by atoms with Gasteiger partial charge in [0.1, 0.15) is 0 Å². The Hall–Kier alpha value is -0.800. The van der Waals surface area contributed by atoms with Crippen molar-refractivity contribution >= 4 is 28.9 Å². The van der Waals surface area contributed by atoms with Gasteiger partial charge in [0, 0.05) is 22.0 Å². The summed E-state index contributed by atoms with van der Waals surface area (Å²) >= 11 is 11.5. The van der Waals surface area contributed by atoms with E-state index in [0.717, 1.165) is 0 Å². The van der Waals surface area contributed by atoms with Crippen LogP contribution >= 0.6 is 23.2 Å². The minimum atomic E-state index is -0.417. The predicted molar refractivity (Wildman–Crippen MR) is 61.7 cm³/mol. The van der Waals surface area contributed by atoms with Crippen LogP contribution in [-0.4, -0.2) is 10.3 Å². The van der Waals surface area contributed by atoms with Gasteiger partial charge in [-0.3, -0.25) is 10.1 Å². The third kappa shape index (κ3) is 3.68. The second-order valence-electron chi connectivity index (χ2n) is 3.35. The van der Waals surface area contributed by atoms with Crippen molar-refractivity contribution in [1.29, 1.82) is 0 Å². The van der Waals surface area contributed by atoms with Crippen LogP contribution in [0.15, 0.2) is 18.2 Å². The first-order valence-corrected chi connectivity index (χ1v) is 5.39. The summed E-state index contributed by atoms with van der Waals surface area (Å²) in [5.74, 6) is 0. The van der Waals surface area contributed by atoms with Crippen LogP contribution in [0.2, 0.25) is 5.02 Å². The lowest BCUT2D eigenvalue weighted by Gasteiger charge is -2.04. The van der Waals surface area contributed by atoms with Gasteiger partial charge in [0.2, 0.25) is 0 Å². The molecule has 1 rings (SSSR count). The summed E-state index contributed by atoms with van der Waals surface area (Å²) in [6.45, 7) is 1.86. The second-order valence-corrected chi connectivity index (χ2v) is 4.53. The molecule has 1 atom stereocenters. The van der Waals surface area contributed by atoms with E-state index in [2.05, 4.69) is 0 Å². The highest BCUT2D eigenvalue weighted by Crippen LogP contribution is 2.24. The van der Waals surface area contributed by atoms with Gasteiger partial charge >= 0.3 is 0 Å². The second kappa shape index (κ2) is 5.33. The van der Waals surface area contributed by atoms with E-state index < -0.39 is 4.92 Å². The van der Waals surface area contributed by atoms with Crippen LogP contribution in [0, 0.1) is 10.1 Å². The predicted octanol–water partition coefficient (Wildman–Crippen LogP) is 3.81. The molecule has 0 heterocycles. The average molecular weight is 248 g/mol. The van der Waals surface area contributed by atoms with Crippen molar-refractivity contribution in [3.8, 4) is 0 Å². The molecule has 0 aromatic heterocycles. The molecular weight excluding hydrogens is 237 g/mol. The van der Waals surface area contributed by atoms with Crippen LogP contribution in [0.4, 0.5) is 5.69 Å². The van der Waals surface area contributed by atoms with E-state index >= 15 is 0 Å². The van der Waals surface area contributed by atoms with Crippen molar-refractivity contribution in [1.82, 2.24) is 0 Å². The van der Waals surface area contributed by atoms with Gasteiger partial charge in [-0.05, 0) is 25.8 Å². The first-order valence-electron chi connectivity index (χ1n) is 4.57. The van der Waals surface area contributed by atoms with Gasteiger partial charge < -0.3 is 0 Å². The van der Waals surface area contributed by atoms with Gasteiger partial charge in [-0.2, -0.15) is 0 Å². The van der Waals surface area contributed by atoms with Gasteiger partial charge in [-0.25, -0.2) is 0 Å². The third-order valence-electron chi connectivity index (χ3n) is 2.06. The molecule has 1 aromatic rings. The smallest absolute Gasteiger partial charge is 0.258 e. The Morgan fingerprint density at radius 3 is 2.73 bits per heavy atom. The zero-order chi connectivity index (χ0) is 11.4. The maximum absolute atomic E-state index is 10.7. The van der Waals surface area contributed by atoms with Crippen LogP contribution in [0.25, 0.3) is 0 Å². The molecule has 1 unspecified atom stereocenters. The summed E-state index contributed by atoms with van der Waals surface area (Å²) in [4.78, 5) is 10.3. The summed E-state index contributed by atoms with van der Waals surface area (Å²) in [5, 5.41) is 11.1. The van der Waals surface area contributed by atoms with Crippen molar-refractivity contribution in [2.24, 2.45) is 0 Å². The van der Waals surface area contributed by atoms with Crippen molar-refractivity contribution in [3.05, 3.63) is 38.9 Å². The lowest BCUT2D eigenvalue weighted by molar-refractivity contribution is -0.385. The van der Waals surface area contributed by atoms with E-state index in [1.165, 1.54) is 6.07 Å². The van der Waals surface area contributed by atoms with Crippen molar-refractivity contribution in [2.75, 3.05) is 0 Å². The lowest BCUT2D eigenvalue weighted by atomic mass is 10.1. The quantitative estimate of drug-likeness (QED) is 0.462. The molecule has 0 aliphatic heterocycles. The molecule has 0 radical (unpaired) electrons. The number of halogens is 2. The zero-order valence-electron chi connectivity index (χ0n) is 8.24. The fourth-order valence-electron chi connectivity index (χ4n) is 1.27. The molecular formula is C10H11Cl2NO2. The van der Waals surface area contributed by atoms with E-state index in [-0.39, 0.29) is 11.1 Å². The molecule has 82 valence electrons. The molecule has 0 amide bonds. The van der Waals surface area contributed by atoms with E-state index in [4.69, 9.17) is 23.2 Å². The fourth-order valence-corrected chi connectivity index (χ4v) is 1.55. The molecule has 15 heavy (non-hydrogen) atoms. The summed E-state index contributed by atoms with van der Waals surface area (Å²) in [5.41, 5.74) is 0.747. The first-order chi connectivity index (χ1) is 7.00. The lowest BCUT2D eigenvalue weighted by Crippen LogP contribution is -1.99. The van der Waals surface area contributed by atoms with Crippen molar-refractivity contribution < 1.29 is 4.92 Å². The molecule has 0 saturated carbocycles. The molecule has 0 N–H and O–H groups in total. The van der Waals surface area contributed by atoms with Gasteiger partial charge in [-0.1, -0.05) is 17.7 Å². The van der Waals surface area contributed by atoms with Gasteiger partial charge in [0.25, 0.3) is 5.69 Å². The van der Waals surface area contributed by atoms with E-state index in [1.54, 1.807) is 12.1 Å². The maximum atomic E-state index is 10.7. The normalized spacial score (nSPS) is 12.5. The molecule has 3 nitrogen and oxygen atoms in total. The molecule has 0 aliphatic carbocycles. The molecule has 0 spiro atoms. The van der Waals surface area contributed by atoms with Gasteiger partial charge in [0.05, 0.1) is 4.92 Å². The number of benzene rings is 1. The van der Waals surface area contributed by atoms with Crippen LogP contribution in [0.1, 0.15) is 18.9 Å². The Morgan fingerprint density at radius 2 is 2.20 bits per heavy atom. The number of nitro groups is 1. The molecule has 0 bridgehead atoms. The first kappa shape index (κ1) is 12.3. The van der Waals surface area contributed by atoms with Crippen LogP contribution < -0.4 is 0 Å². The third-order valence-corrected chi connectivity index (χ3v) is 2.51. The number of rotatable bonds is 4. The number of nitro benzene ring substituents is 1. The molecule has 0 fully saturated rings. The monoisotopic (exact) mass is 247 g/mol. The number of hydrogen-bond acceptors (Lipinski definition) is 2. The highest BCUT2D eigenvalue weighted by molar-refractivity contribution is 6.30. The average Bonchev–Trinajstić information content (AvgIpc) is 2.15. The molecule has 1 aromatic carbocycles. The van der Waals surface area contributed by atoms with Gasteiger partial charge in [0.15, 0.2) is 0 Å². The largest absolute Gasteiger partial charge is 0.274 e. The summed E-state index contributed by atoms with van der Waals surface area (Å²) in [6, 6.07) is 4.71. The minimum absolute atomic E-state index is 0.0142.